The van der Waals surface area contributed by atoms with Crippen LogP contribution in [0.1, 0.15) is 11.3 Å². The molecule has 1 aromatic carbocycles. The number of H-pyrrole nitrogens is 1. The van der Waals surface area contributed by atoms with Crippen LogP contribution < -0.4 is 4.73 Å². The third kappa shape index (κ3) is 2.07. The first-order valence-electron chi connectivity index (χ1n) is 6.06. The number of fused-ring (bicyclic) bond motifs is 1. The average Bonchev–Trinajstić information content (AvgIpc) is 2.82. The van der Waals surface area contributed by atoms with Crippen molar-refractivity contribution in [3.8, 4) is 0 Å². The zero-order valence-electron chi connectivity index (χ0n) is 9.97. The predicted molar refractivity (Wildman–Crippen MR) is 71.1 cm³/mol. The van der Waals surface area contributed by atoms with Gasteiger partial charge in [-0.2, -0.15) is 0 Å². The van der Waals surface area contributed by atoms with E-state index in [1.807, 2.05) is 30.3 Å². The smallest absolute Gasteiger partial charge is 0.289 e. The summed E-state index contributed by atoms with van der Waals surface area (Å²) < 4.78 is 0.876. The molecular formula is C15H14N2O. The van der Waals surface area contributed by atoms with Gasteiger partial charge in [0.05, 0.1) is 11.6 Å². The molecule has 0 spiro atoms. The second-order valence-corrected chi connectivity index (χ2v) is 4.42. The molecule has 0 fully saturated rings. The first-order valence-corrected chi connectivity index (χ1v) is 6.06. The van der Waals surface area contributed by atoms with E-state index in [0.717, 1.165) is 28.7 Å². The van der Waals surface area contributed by atoms with Crippen LogP contribution in [0, 0.1) is 5.21 Å². The molecule has 3 heteroatoms. The first-order chi connectivity index (χ1) is 8.83. The molecule has 3 nitrogen and oxygen atoms in total. The van der Waals surface area contributed by atoms with Gasteiger partial charge in [-0.05, 0) is 30.2 Å². The molecule has 0 saturated heterocycles. The number of aryl methyl sites for hydroxylation is 2. The summed E-state index contributed by atoms with van der Waals surface area (Å²) in [5.74, 6) is 0. The molecule has 0 amide bonds. The van der Waals surface area contributed by atoms with Gasteiger partial charge in [-0.15, -0.1) is 0 Å². The van der Waals surface area contributed by atoms with Gasteiger partial charge in [-0.3, -0.25) is 0 Å². The fourth-order valence-electron chi connectivity index (χ4n) is 2.18. The summed E-state index contributed by atoms with van der Waals surface area (Å²) in [7, 11) is 0. The summed E-state index contributed by atoms with van der Waals surface area (Å²) in [4.78, 5) is 3.18. The molecule has 0 aliphatic heterocycles. The standard InChI is InChI=1S/C15H14N2O/c18-17-10-4-7-13-11-14(16-15(13)17)9-8-12-5-2-1-3-6-12/h1-7,10-11,16H,8-9H2. The van der Waals surface area contributed by atoms with E-state index in [2.05, 4.69) is 17.1 Å². The van der Waals surface area contributed by atoms with Crippen LogP contribution in [0.5, 0.6) is 0 Å². The fourth-order valence-corrected chi connectivity index (χ4v) is 2.18. The molecule has 0 unspecified atom stereocenters. The SMILES string of the molecule is [O-][n+]1cccc2cc(CCc3ccccc3)[nH]c21. The fraction of sp³-hybridized carbons (Fsp3) is 0.133. The Kier molecular flexibility index (Phi) is 2.73. The van der Waals surface area contributed by atoms with Gasteiger partial charge in [0.15, 0.2) is 0 Å². The number of hydrogen-bond acceptors (Lipinski definition) is 1. The van der Waals surface area contributed by atoms with Crippen LogP contribution in [-0.4, -0.2) is 4.98 Å². The van der Waals surface area contributed by atoms with Crippen LogP contribution in [0.25, 0.3) is 11.0 Å². The van der Waals surface area contributed by atoms with Gasteiger partial charge in [0, 0.05) is 6.42 Å². The van der Waals surface area contributed by atoms with Gasteiger partial charge in [-0.1, -0.05) is 30.3 Å². The Bertz CT molecular complexity index is 659. The Morgan fingerprint density at radius 1 is 1.00 bits per heavy atom. The molecule has 1 N–H and O–H groups in total. The number of benzene rings is 1. The van der Waals surface area contributed by atoms with E-state index >= 15 is 0 Å². The minimum Gasteiger partial charge on any atom is -0.711 e. The Labute approximate surface area is 105 Å². The van der Waals surface area contributed by atoms with Crippen LogP contribution in [0.2, 0.25) is 0 Å². The van der Waals surface area contributed by atoms with E-state index in [9.17, 15) is 5.21 Å². The molecule has 2 aromatic heterocycles. The minimum absolute atomic E-state index is 0.639. The lowest BCUT2D eigenvalue weighted by Gasteiger charge is -1.99. The van der Waals surface area contributed by atoms with Gasteiger partial charge < -0.3 is 5.21 Å². The number of nitrogens with zero attached hydrogens (tertiary/aromatic N) is 1. The molecule has 0 aliphatic carbocycles. The van der Waals surface area contributed by atoms with Crippen molar-refractivity contribution in [2.75, 3.05) is 0 Å². The van der Waals surface area contributed by atoms with Crippen molar-refractivity contribution in [3.05, 3.63) is 71.2 Å². The molecular weight excluding hydrogens is 224 g/mol. The van der Waals surface area contributed by atoms with E-state index < -0.39 is 0 Å². The van der Waals surface area contributed by atoms with Crippen molar-refractivity contribution >= 4 is 11.0 Å². The molecule has 0 saturated carbocycles. The molecule has 90 valence electrons. The van der Waals surface area contributed by atoms with Crippen molar-refractivity contribution in [1.82, 2.24) is 4.98 Å². The Hall–Kier alpha value is -2.29. The lowest BCUT2D eigenvalue weighted by molar-refractivity contribution is -0.579. The zero-order valence-corrected chi connectivity index (χ0v) is 9.97. The maximum absolute atomic E-state index is 11.6. The van der Waals surface area contributed by atoms with Crippen molar-refractivity contribution in [3.63, 3.8) is 0 Å². The van der Waals surface area contributed by atoms with E-state index in [-0.39, 0.29) is 0 Å². The van der Waals surface area contributed by atoms with Crippen LogP contribution >= 0.6 is 0 Å². The highest BCUT2D eigenvalue weighted by Gasteiger charge is 2.08. The quantitative estimate of drug-likeness (QED) is 0.553. The maximum atomic E-state index is 11.6. The van der Waals surface area contributed by atoms with Gasteiger partial charge >= 0.3 is 0 Å². The van der Waals surface area contributed by atoms with E-state index in [4.69, 9.17) is 0 Å². The third-order valence-corrected chi connectivity index (χ3v) is 3.13. The Morgan fingerprint density at radius 2 is 1.83 bits per heavy atom. The lowest BCUT2D eigenvalue weighted by Crippen LogP contribution is -2.25. The van der Waals surface area contributed by atoms with Gasteiger partial charge in [0.1, 0.15) is 5.69 Å². The summed E-state index contributed by atoms with van der Waals surface area (Å²) in [5.41, 5.74) is 3.05. The number of hydrogen-bond donors (Lipinski definition) is 1. The highest BCUT2D eigenvalue weighted by atomic mass is 16.5. The van der Waals surface area contributed by atoms with Gasteiger partial charge in [-0.25, -0.2) is 9.71 Å². The van der Waals surface area contributed by atoms with Gasteiger partial charge in [0.25, 0.3) is 5.65 Å². The normalized spacial score (nSPS) is 10.9. The maximum Gasteiger partial charge on any atom is 0.289 e. The summed E-state index contributed by atoms with van der Waals surface area (Å²) in [6.07, 6.45) is 3.41. The topological polar surface area (TPSA) is 42.7 Å². The van der Waals surface area contributed by atoms with Crippen molar-refractivity contribution in [1.29, 1.82) is 0 Å². The van der Waals surface area contributed by atoms with Crippen molar-refractivity contribution in [2.45, 2.75) is 12.8 Å². The summed E-state index contributed by atoms with van der Waals surface area (Å²) >= 11 is 0. The summed E-state index contributed by atoms with van der Waals surface area (Å²) in [6.45, 7) is 0. The molecule has 0 bridgehead atoms. The number of aromatic nitrogens is 2. The second kappa shape index (κ2) is 4.53. The van der Waals surface area contributed by atoms with Crippen LogP contribution in [0.4, 0.5) is 0 Å². The largest absolute Gasteiger partial charge is 0.711 e. The Balaban J connectivity index is 1.81. The number of rotatable bonds is 3. The first kappa shape index (κ1) is 10.8. The number of pyridine rings is 1. The lowest BCUT2D eigenvalue weighted by atomic mass is 10.1. The second-order valence-electron chi connectivity index (χ2n) is 4.42. The van der Waals surface area contributed by atoms with Crippen LogP contribution in [-0.2, 0) is 12.8 Å². The summed E-state index contributed by atoms with van der Waals surface area (Å²) in [6, 6.07) is 16.1. The number of aromatic amines is 1. The molecule has 18 heavy (non-hydrogen) atoms. The monoisotopic (exact) mass is 238 g/mol. The van der Waals surface area contributed by atoms with Crippen LogP contribution in [0.15, 0.2) is 54.7 Å². The zero-order chi connectivity index (χ0) is 12.4. The molecule has 3 aromatic rings. The molecule has 2 heterocycles. The van der Waals surface area contributed by atoms with E-state index in [0.29, 0.717) is 5.65 Å². The highest BCUT2D eigenvalue weighted by molar-refractivity contribution is 5.73. The van der Waals surface area contributed by atoms with Crippen LogP contribution in [0.3, 0.4) is 0 Å². The van der Waals surface area contributed by atoms with Gasteiger partial charge in [0.2, 0.25) is 0 Å². The summed E-state index contributed by atoms with van der Waals surface area (Å²) in [5, 5.41) is 12.5. The highest BCUT2D eigenvalue weighted by Crippen LogP contribution is 2.13. The predicted octanol–water partition coefficient (Wildman–Crippen LogP) is 2.59. The van der Waals surface area contributed by atoms with Crippen molar-refractivity contribution < 1.29 is 4.73 Å². The Morgan fingerprint density at radius 3 is 2.61 bits per heavy atom. The molecule has 3 rings (SSSR count). The third-order valence-electron chi connectivity index (χ3n) is 3.13. The van der Waals surface area contributed by atoms with E-state index in [1.165, 1.54) is 11.8 Å². The minimum atomic E-state index is 0.639. The average molecular weight is 238 g/mol. The molecule has 0 radical (unpaired) electrons. The van der Waals surface area contributed by atoms with E-state index in [1.54, 1.807) is 6.07 Å². The number of nitrogens with one attached hydrogen (secondary N) is 1. The molecule has 0 atom stereocenters. The van der Waals surface area contributed by atoms with Crippen molar-refractivity contribution in [2.24, 2.45) is 0 Å². The molecule has 0 aliphatic rings.